The Morgan fingerprint density at radius 3 is 2.79 bits per heavy atom. The summed E-state index contributed by atoms with van der Waals surface area (Å²) < 4.78 is 14.4. The van der Waals surface area contributed by atoms with Crippen molar-refractivity contribution >= 4 is 44.2 Å². The Balaban J connectivity index is 1.30. The third kappa shape index (κ3) is 3.63. The number of piperidine rings is 2. The van der Waals surface area contributed by atoms with Crippen LogP contribution in [0.1, 0.15) is 30.1 Å². The molecule has 1 N–H and O–H groups in total. The zero-order valence-electron chi connectivity index (χ0n) is 18.4. The SMILES string of the molecule is C[C@@H]1C2CC(C2)N(C(=O)c2cc(Cl)ccc2-n2nccn2)[C@@H]1CNc1nc2ccc(F)cc2s1. The molecule has 1 amide bonds. The van der Waals surface area contributed by atoms with Crippen LogP contribution in [0, 0.1) is 17.7 Å². The second-order valence-corrected chi connectivity index (χ2v) is 10.5. The summed E-state index contributed by atoms with van der Waals surface area (Å²) in [6.07, 6.45) is 5.19. The average Bonchev–Trinajstić information content (AvgIpc) is 3.46. The first kappa shape index (κ1) is 21.5. The van der Waals surface area contributed by atoms with Crippen molar-refractivity contribution in [1.29, 1.82) is 0 Å². The number of nitrogens with zero attached hydrogens (tertiary/aromatic N) is 5. The van der Waals surface area contributed by atoms with E-state index in [9.17, 15) is 9.18 Å². The summed E-state index contributed by atoms with van der Waals surface area (Å²) in [4.78, 5) is 22.0. The number of anilines is 1. The number of amides is 1. The molecule has 2 saturated heterocycles. The third-order valence-corrected chi connectivity index (χ3v) is 8.33. The number of aromatic nitrogens is 4. The van der Waals surface area contributed by atoms with Crippen LogP contribution in [0.4, 0.5) is 9.52 Å². The third-order valence-electron chi connectivity index (χ3n) is 7.12. The Labute approximate surface area is 204 Å². The number of fused-ring (bicyclic) bond motifs is 3. The first-order chi connectivity index (χ1) is 16.5. The molecule has 174 valence electrons. The standard InChI is InChI=1S/C24H22ClFN6OS/c1-13-14-8-17(9-14)31(21(13)12-27-24-30-19-4-3-16(26)11-22(19)34-24)23(33)18-10-15(25)2-5-20(18)32-28-6-7-29-32/h2-7,10-11,13-14,17,21H,8-9,12H2,1H3,(H,27,30)/t13-,14?,17?,21-/m1/s1. The molecular formula is C24H22ClFN6OS. The van der Waals surface area contributed by atoms with E-state index in [1.54, 1.807) is 36.7 Å². The molecule has 7 nitrogen and oxygen atoms in total. The predicted octanol–water partition coefficient (Wildman–Crippen LogP) is 5.02. The van der Waals surface area contributed by atoms with Gasteiger partial charge in [-0.25, -0.2) is 9.37 Å². The second-order valence-electron chi connectivity index (χ2n) is 9.02. The maximum absolute atomic E-state index is 14.0. The van der Waals surface area contributed by atoms with Crippen LogP contribution in [0.2, 0.25) is 5.02 Å². The number of nitrogens with one attached hydrogen (secondary N) is 1. The lowest BCUT2D eigenvalue weighted by Gasteiger charge is -2.57. The van der Waals surface area contributed by atoms with E-state index in [1.165, 1.54) is 28.3 Å². The zero-order chi connectivity index (χ0) is 23.4. The van der Waals surface area contributed by atoms with Gasteiger partial charge < -0.3 is 10.2 Å². The van der Waals surface area contributed by atoms with Crippen molar-refractivity contribution in [1.82, 2.24) is 24.9 Å². The molecule has 4 heterocycles. The van der Waals surface area contributed by atoms with Gasteiger partial charge in [-0.3, -0.25) is 4.79 Å². The molecule has 4 aromatic rings. The minimum Gasteiger partial charge on any atom is -0.359 e. The highest BCUT2D eigenvalue weighted by Crippen LogP contribution is 2.47. The summed E-state index contributed by atoms with van der Waals surface area (Å²) in [5, 5.41) is 13.1. The minimum atomic E-state index is -0.274. The van der Waals surface area contributed by atoms with Crippen LogP contribution >= 0.6 is 22.9 Å². The smallest absolute Gasteiger partial charge is 0.256 e. The highest BCUT2D eigenvalue weighted by molar-refractivity contribution is 7.22. The van der Waals surface area contributed by atoms with Crippen LogP contribution in [0.5, 0.6) is 0 Å². The van der Waals surface area contributed by atoms with Crippen molar-refractivity contribution in [3.05, 3.63) is 65.2 Å². The van der Waals surface area contributed by atoms with E-state index in [4.69, 9.17) is 11.6 Å². The molecule has 34 heavy (non-hydrogen) atoms. The average molecular weight is 497 g/mol. The maximum atomic E-state index is 14.0. The normalized spacial score (nSPS) is 23.7. The monoisotopic (exact) mass is 496 g/mol. The van der Waals surface area contributed by atoms with Crippen LogP contribution in [-0.2, 0) is 0 Å². The van der Waals surface area contributed by atoms with Crippen molar-refractivity contribution in [2.24, 2.45) is 11.8 Å². The summed E-state index contributed by atoms with van der Waals surface area (Å²) >= 11 is 7.72. The molecule has 0 spiro atoms. The van der Waals surface area contributed by atoms with Crippen LogP contribution in [0.3, 0.4) is 0 Å². The molecule has 2 aliphatic heterocycles. The molecule has 2 aromatic carbocycles. The fourth-order valence-electron chi connectivity index (χ4n) is 5.22. The van der Waals surface area contributed by atoms with Gasteiger partial charge in [-0.05, 0) is 61.1 Å². The minimum absolute atomic E-state index is 0.00818. The van der Waals surface area contributed by atoms with Gasteiger partial charge in [-0.15, -0.1) is 0 Å². The molecule has 2 atom stereocenters. The number of thiazole rings is 1. The fourth-order valence-corrected chi connectivity index (χ4v) is 6.29. The van der Waals surface area contributed by atoms with Gasteiger partial charge in [-0.2, -0.15) is 15.0 Å². The van der Waals surface area contributed by atoms with E-state index in [2.05, 4.69) is 27.4 Å². The van der Waals surface area contributed by atoms with Crippen molar-refractivity contribution in [3.8, 4) is 5.69 Å². The lowest BCUT2D eigenvalue weighted by atomic mass is 9.64. The van der Waals surface area contributed by atoms with Gasteiger partial charge in [0.25, 0.3) is 5.91 Å². The van der Waals surface area contributed by atoms with Gasteiger partial charge in [0.1, 0.15) is 5.82 Å². The molecule has 10 heteroatoms. The lowest BCUT2D eigenvalue weighted by molar-refractivity contribution is -0.0502. The van der Waals surface area contributed by atoms with Gasteiger partial charge >= 0.3 is 0 Å². The Morgan fingerprint density at radius 1 is 1.21 bits per heavy atom. The van der Waals surface area contributed by atoms with Crippen LogP contribution in [-0.4, -0.2) is 49.4 Å². The van der Waals surface area contributed by atoms with Crippen LogP contribution < -0.4 is 5.32 Å². The van der Waals surface area contributed by atoms with Crippen molar-refractivity contribution in [3.63, 3.8) is 0 Å². The van der Waals surface area contributed by atoms with Crippen molar-refractivity contribution in [2.45, 2.75) is 31.8 Å². The fraction of sp³-hybridized carbons (Fsp3) is 0.333. The summed E-state index contributed by atoms with van der Waals surface area (Å²) in [5.41, 5.74) is 1.85. The Hall–Kier alpha value is -3.04. The molecular weight excluding hydrogens is 475 g/mol. The van der Waals surface area contributed by atoms with E-state index in [-0.39, 0.29) is 23.8 Å². The molecule has 1 saturated carbocycles. The van der Waals surface area contributed by atoms with Crippen LogP contribution in [0.25, 0.3) is 15.9 Å². The summed E-state index contributed by atoms with van der Waals surface area (Å²) in [6, 6.07) is 10.0. The van der Waals surface area contributed by atoms with E-state index in [0.717, 1.165) is 28.2 Å². The first-order valence-electron chi connectivity index (χ1n) is 11.3. The number of carbonyl (C=O) groups is 1. The largest absolute Gasteiger partial charge is 0.359 e. The topological polar surface area (TPSA) is 75.9 Å². The van der Waals surface area contributed by atoms with Gasteiger partial charge in [0.05, 0.1) is 39.9 Å². The van der Waals surface area contributed by atoms with Crippen molar-refractivity contribution < 1.29 is 9.18 Å². The van der Waals surface area contributed by atoms with E-state index >= 15 is 0 Å². The molecule has 2 aromatic heterocycles. The number of rotatable bonds is 5. The molecule has 0 unspecified atom stereocenters. The maximum Gasteiger partial charge on any atom is 0.256 e. The predicted molar refractivity (Wildman–Crippen MR) is 130 cm³/mol. The number of halogens is 2. The first-order valence-corrected chi connectivity index (χ1v) is 12.5. The molecule has 0 radical (unpaired) electrons. The number of benzene rings is 2. The molecule has 1 aliphatic carbocycles. The second kappa shape index (κ2) is 8.32. The molecule has 2 bridgehead atoms. The Morgan fingerprint density at radius 2 is 2.00 bits per heavy atom. The summed E-state index contributed by atoms with van der Waals surface area (Å²) in [7, 11) is 0. The lowest BCUT2D eigenvalue weighted by Crippen LogP contribution is -2.64. The number of hydrogen-bond acceptors (Lipinski definition) is 6. The quantitative estimate of drug-likeness (QED) is 0.420. The van der Waals surface area contributed by atoms with Crippen LogP contribution in [0.15, 0.2) is 48.8 Å². The highest BCUT2D eigenvalue weighted by atomic mass is 35.5. The van der Waals surface area contributed by atoms with Gasteiger partial charge in [-0.1, -0.05) is 29.9 Å². The number of carbonyl (C=O) groups excluding carboxylic acids is 1. The van der Waals surface area contributed by atoms with Gasteiger partial charge in [0, 0.05) is 17.6 Å². The molecule has 3 aliphatic rings. The molecule has 7 rings (SSSR count). The Kier molecular flexibility index (Phi) is 5.26. The zero-order valence-corrected chi connectivity index (χ0v) is 19.9. The van der Waals surface area contributed by atoms with E-state index < -0.39 is 0 Å². The van der Waals surface area contributed by atoms with E-state index in [0.29, 0.717) is 34.7 Å². The Bertz CT molecular complexity index is 1370. The van der Waals surface area contributed by atoms with Gasteiger partial charge in [0.15, 0.2) is 5.13 Å². The molecule has 3 fully saturated rings. The summed E-state index contributed by atoms with van der Waals surface area (Å²) in [6.45, 7) is 2.78. The highest BCUT2D eigenvalue weighted by Gasteiger charge is 2.50. The van der Waals surface area contributed by atoms with E-state index in [1.807, 2.05) is 4.90 Å². The summed E-state index contributed by atoms with van der Waals surface area (Å²) in [5.74, 6) is 0.600. The van der Waals surface area contributed by atoms with Crippen molar-refractivity contribution in [2.75, 3.05) is 11.9 Å². The number of hydrogen-bond donors (Lipinski definition) is 1. The van der Waals surface area contributed by atoms with Gasteiger partial charge in [0.2, 0.25) is 0 Å².